The maximum absolute atomic E-state index is 12.2. The smallest absolute Gasteiger partial charge is 0.261 e. The minimum Gasteiger partial charge on any atom is -0.342 e. The van der Waals surface area contributed by atoms with Gasteiger partial charge in [0, 0.05) is 19.1 Å². The van der Waals surface area contributed by atoms with Crippen molar-refractivity contribution in [3.8, 4) is 0 Å². The summed E-state index contributed by atoms with van der Waals surface area (Å²) < 4.78 is 0. The Kier molecular flexibility index (Phi) is 4.00. The van der Waals surface area contributed by atoms with E-state index in [-0.39, 0.29) is 17.0 Å². The summed E-state index contributed by atoms with van der Waals surface area (Å²) in [7, 11) is 1.73. The lowest BCUT2D eigenvalue weighted by atomic mass is 10.1. The van der Waals surface area contributed by atoms with Crippen LogP contribution in [-0.2, 0) is 0 Å². The van der Waals surface area contributed by atoms with Crippen molar-refractivity contribution in [1.29, 1.82) is 0 Å². The van der Waals surface area contributed by atoms with Crippen molar-refractivity contribution in [3.63, 3.8) is 0 Å². The Hall–Kier alpha value is -2.10. The number of hydrogen-bond acceptors (Lipinski definition) is 2. The van der Waals surface area contributed by atoms with Crippen LogP contribution in [0.4, 0.5) is 0 Å². The van der Waals surface area contributed by atoms with Crippen LogP contribution in [0.2, 0.25) is 0 Å². The zero-order chi connectivity index (χ0) is 13.8. The fraction of sp³-hybridized carbons (Fsp3) is 0.333. The van der Waals surface area contributed by atoms with Crippen molar-refractivity contribution in [2.45, 2.75) is 19.8 Å². The standard InChI is InChI=1S/C15H18N2O2/c1-3-4-9-17(2)15(19)12-10-11-7-5-6-8-13(11)16-14(12)18/h5-8,10H,3-4,9H2,1-2H3,(H,16,18). The molecule has 1 heterocycles. The van der Waals surface area contributed by atoms with Crippen LogP contribution in [0.25, 0.3) is 10.9 Å². The van der Waals surface area contributed by atoms with E-state index in [1.165, 1.54) is 0 Å². The van der Waals surface area contributed by atoms with Gasteiger partial charge in [-0.2, -0.15) is 0 Å². The van der Waals surface area contributed by atoms with E-state index >= 15 is 0 Å². The molecular formula is C15H18N2O2. The van der Waals surface area contributed by atoms with E-state index in [1.807, 2.05) is 24.3 Å². The number of carbonyl (C=O) groups excluding carboxylic acids is 1. The predicted molar refractivity (Wildman–Crippen MR) is 76.4 cm³/mol. The van der Waals surface area contributed by atoms with Crippen molar-refractivity contribution in [2.75, 3.05) is 13.6 Å². The number of pyridine rings is 1. The summed E-state index contributed by atoms with van der Waals surface area (Å²) in [6.07, 6.45) is 1.96. The van der Waals surface area contributed by atoms with Crippen molar-refractivity contribution in [3.05, 3.63) is 46.2 Å². The quantitative estimate of drug-likeness (QED) is 0.915. The van der Waals surface area contributed by atoms with Gasteiger partial charge in [-0.25, -0.2) is 0 Å². The number of H-pyrrole nitrogens is 1. The minimum absolute atomic E-state index is 0.206. The van der Waals surface area contributed by atoms with E-state index < -0.39 is 0 Å². The first-order valence-corrected chi connectivity index (χ1v) is 6.51. The van der Waals surface area contributed by atoms with Gasteiger partial charge in [-0.3, -0.25) is 9.59 Å². The molecule has 19 heavy (non-hydrogen) atoms. The molecule has 0 atom stereocenters. The molecule has 1 amide bonds. The van der Waals surface area contributed by atoms with Crippen molar-refractivity contribution < 1.29 is 4.79 Å². The van der Waals surface area contributed by atoms with E-state index in [1.54, 1.807) is 18.0 Å². The predicted octanol–water partition coefficient (Wildman–Crippen LogP) is 2.40. The Morgan fingerprint density at radius 2 is 2.05 bits per heavy atom. The summed E-state index contributed by atoms with van der Waals surface area (Å²) in [6.45, 7) is 2.74. The van der Waals surface area contributed by atoms with Crippen LogP contribution in [0.3, 0.4) is 0 Å². The van der Waals surface area contributed by atoms with Gasteiger partial charge in [-0.05, 0) is 23.9 Å². The fourth-order valence-corrected chi connectivity index (χ4v) is 2.01. The van der Waals surface area contributed by atoms with Gasteiger partial charge in [0.25, 0.3) is 11.5 Å². The van der Waals surface area contributed by atoms with Crippen LogP contribution in [0.15, 0.2) is 35.1 Å². The number of unbranched alkanes of at least 4 members (excludes halogenated alkanes) is 1. The molecule has 0 unspecified atom stereocenters. The van der Waals surface area contributed by atoms with E-state index in [9.17, 15) is 9.59 Å². The van der Waals surface area contributed by atoms with Gasteiger partial charge in [-0.15, -0.1) is 0 Å². The summed E-state index contributed by atoms with van der Waals surface area (Å²) in [4.78, 5) is 28.5. The topological polar surface area (TPSA) is 53.2 Å². The average Bonchev–Trinajstić information content (AvgIpc) is 2.43. The summed E-state index contributed by atoms with van der Waals surface area (Å²) in [5.74, 6) is -0.222. The summed E-state index contributed by atoms with van der Waals surface area (Å²) in [5.41, 5.74) is 0.629. The molecule has 2 rings (SSSR count). The zero-order valence-corrected chi connectivity index (χ0v) is 11.3. The number of fused-ring (bicyclic) bond motifs is 1. The van der Waals surface area contributed by atoms with E-state index in [0.717, 1.165) is 23.7 Å². The van der Waals surface area contributed by atoms with E-state index in [4.69, 9.17) is 0 Å². The van der Waals surface area contributed by atoms with Crippen molar-refractivity contribution >= 4 is 16.8 Å². The number of nitrogens with one attached hydrogen (secondary N) is 1. The first kappa shape index (κ1) is 13.3. The normalized spacial score (nSPS) is 10.6. The summed E-state index contributed by atoms with van der Waals surface area (Å²) in [5, 5.41) is 0.870. The lowest BCUT2D eigenvalue weighted by molar-refractivity contribution is 0.0791. The highest BCUT2D eigenvalue weighted by atomic mass is 16.2. The highest BCUT2D eigenvalue weighted by Crippen LogP contribution is 2.11. The van der Waals surface area contributed by atoms with Gasteiger partial charge < -0.3 is 9.88 Å². The molecule has 0 fully saturated rings. The fourth-order valence-electron chi connectivity index (χ4n) is 2.01. The molecule has 0 saturated carbocycles. The summed E-state index contributed by atoms with van der Waals surface area (Å²) in [6, 6.07) is 9.11. The van der Waals surface area contributed by atoms with Crippen molar-refractivity contribution in [1.82, 2.24) is 9.88 Å². The lowest BCUT2D eigenvalue weighted by Gasteiger charge is -2.16. The second-order valence-corrected chi connectivity index (χ2v) is 4.68. The molecule has 1 aromatic heterocycles. The molecule has 1 N–H and O–H groups in total. The van der Waals surface area contributed by atoms with Gasteiger partial charge in [0.05, 0.1) is 0 Å². The molecule has 0 aliphatic heterocycles. The molecule has 0 saturated heterocycles. The molecule has 0 aliphatic carbocycles. The van der Waals surface area contributed by atoms with Crippen LogP contribution in [-0.4, -0.2) is 29.4 Å². The van der Waals surface area contributed by atoms with Crippen LogP contribution in [0.1, 0.15) is 30.1 Å². The second-order valence-electron chi connectivity index (χ2n) is 4.68. The number of nitrogens with zero attached hydrogens (tertiary/aromatic N) is 1. The van der Waals surface area contributed by atoms with Gasteiger partial charge >= 0.3 is 0 Å². The SMILES string of the molecule is CCCCN(C)C(=O)c1cc2ccccc2[nH]c1=O. The molecule has 100 valence electrons. The highest BCUT2D eigenvalue weighted by molar-refractivity contribution is 5.97. The average molecular weight is 258 g/mol. The molecule has 1 aromatic carbocycles. The van der Waals surface area contributed by atoms with Gasteiger partial charge in [-0.1, -0.05) is 31.5 Å². The van der Waals surface area contributed by atoms with Crippen molar-refractivity contribution in [2.24, 2.45) is 0 Å². The van der Waals surface area contributed by atoms with Gasteiger partial charge in [0.2, 0.25) is 0 Å². The lowest BCUT2D eigenvalue weighted by Crippen LogP contribution is -2.32. The van der Waals surface area contributed by atoms with Crippen LogP contribution < -0.4 is 5.56 Å². The highest BCUT2D eigenvalue weighted by Gasteiger charge is 2.15. The van der Waals surface area contributed by atoms with Crippen LogP contribution in [0, 0.1) is 0 Å². The number of rotatable bonds is 4. The minimum atomic E-state index is -0.327. The van der Waals surface area contributed by atoms with Gasteiger partial charge in [0.15, 0.2) is 0 Å². The number of benzene rings is 1. The Balaban J connectivity index is 2.36. The number of carbonyl (C=O) groups is 1. The number of aromatic nitrogens is 1. The number of hydrogen-bond donors (Lipinski definition) is 1. The Morgan fingerprint density at radius 3 is 2.79 bits per heavy atom. The Labute approximate surface area is 112 Å². The monoisotopic (exact) mass is 258 g/mol. The maximum atomic E-state index is 12.2. The number of amides is 1. The third kappa shape index (κ3) is 2.84. The molecule has 2 aromatic rings. The van der Waals surface area contributed by atoms with Gasteiger partial charge in [0.1, 0.15) is 5.56 Å². The zero-order valence-electron chi connectivity index (χ0n) is 11.3. The van der Waals surface area contributed by atoms with E-state index in [0.29, 0.717) is 6.54 Å². The molecule has 0 aliphatic rings. The number of para-hydroxylation sites is 1. The molecule has 0 spiro atoms. The first-order chi connectivity index (χ1) is 9.13. The first-order valence-electron chi connectivity index (χ1n) is 6.51. The molecule has 4 nitrogen and oxygen atoms in total. The summed E-state index contributed by atoms with van der Waals surface area (Å²) >= 11 is 0. The third-order valence-corrected chi connectivity index (χ3v) is 3.18. The molecule has 0 bridgehead atoms. The molecule has 4 heteroatoms. The maximum Gasteiger partial charge on any atom is 0.261 e. The number of aromatic amines is 1. The Bertz CT molecular complexity index is 646. The molecular weight excluding hydrogens is 240 g/mol. The second kappa shape index (κ2) is 5.69. The van der Waals surface area contributed by atoms with E-state index in [2.05, 4.69) is 11.9 Å². The van der Waals surface area contributed by atoms with Crippen LogP contribution >= 0.6 is 0 Å². The Morgan fingerprint density at radius 1 is 1.32 bits per heavy atom. The van der Waals surface area contributed by atoms with Crippen LogP contribution in [0.5, 0.6) is 0 Å². The molecule has 0 radical (unpaired) electrons. The third-order valence-electron chi connectivity index (χ3n) is 3.18. The largest absolute Gasteiger partial charge is 0.342 e.